The van der Waals surface area contributed by atoms with Gasteiger partial charge >= 0.3 is 7.60 Å². The molecule has 11 nitrogen and oxygen atoms in total. The molecule has 0 unspecified atom stereocenters. The Morgan fingerprint density at radius 1 is 0.842 bits per heavy atom. The fraction of sp³-hybridized carbons (Fsp3) is 0.346. The number of non-ortho nitro benzene ring substituents is 2. The van der Waals surface area contributed by atoms with Gasteiger partial charge in [0.1, 0.15) is 0 Å². The zero-order valence-corrected chi connectivity index (χ0v) is 22.2. The SMILES string of the molecule is CCOP(=O)(CCCN1C/C(=C\c2ccc([N+](=O)[O-])cc2)C(=O)/C(=C/c2ccc([N+](=O)[O-])cc2)C1)OCC. The van der Waals surface area contributed by atoms with Crippen LogP contribution in [0.4, 0.5) is 11.4 Å². The Balaban J connectivity index is 1.86. The topological polar surface area (TPSA) is 142 Å². The molecule has 38 heavy (non-hydrogen) atoms. The number of likely N-dealkylation sites (tertiary alicyclic amines) is 1. The summed E-state index contributed by atoms with van der Waals surface area (Å²) in [4.78, 5) is 36.4. The number of nitro groups is 2. The Bertz CT molecular complexity index is 1180. The third kappa shape index (κ3) is 8.00. The molecule has 0 spiro atoms. The van der Waals surface area contributed by atoms with Gasteiger partial charge in [0.2, 0.25) is 0 Å². The lowest BCUT2D eigenvalue weighted by molar-refractivity contribution is -0.385. The maximum Gasteiger partial charge on any atom is 0.330 e. The molecule has 2 aromatic rings. The number of hydrogen-bond donors (Lipinski definition) is 0. The summed E-state index contributed by atoms with van der Waals surface area (Å²) < 4.78 is 23.6. The van der Waals surface area contributed by atoms with Gasteiger partial charge in [-0.3, -0.25) is 34.5 Å². The fourth-order valence-electron chi connectivity index (χ4n) is 4.10. The molecule has 1 heterocycles. The van der Waals surface area contributed by atoms with Crippen molar-refractivity contribution in [1.29, 1.82) is 0 Å². The van der Waals surface area contributed by atoms with Crippen LogP contribution in [0.1, 0.15) is 31.4 Å². The molecule has 1 fully saturated rings. The number of hydrogen-bond acceptors (Lipinski definition) is 9. The molecular formula is C26H30N3O8P. The summed E-state index contributed by atoms with van der Waals surface area (Å²) in [6.45, 7) is 5.26. The number of rotatable bonds is 12. The van der Waals surface area contributed by atoms with E-state index in [2.05, 4.69) is 0 Å². The molecule has 0 saturated carbocycles. The lowest BCUT2D eigenvalue weighted by Gasteiger charge is -2.30. The van der Waals surface area contributed by atoms with E-state index in [0.29, 0.717) is 48.3 Å². The van der Waals surface area contributed by atoms with Crippen LogP contribution in [0.15, 0.2) is 59.7 Å². The maximum atomic E-state index is 13.4. The second-order valence-corrected chi connectivity index (χ2v) is 10.8. The molecule has 0 atom stereocenters. The molecule has 0 radical (unpaired) electrons. The van der Waals surface area contributed by atoms with Gasteiger partial charge in [0, 0.05) is 48.5 Å². The van der Waals surface area contributed by atoms with Crippen molar-refractivity contribution in [2.75, 3.05) is 39.0 Å². The van der Waals surface area contributed by atoms with Crippen LogP contribution in [-0.4, -0.2) is 59.5 Å². The number of nitro benzene ring substituents is 2. The number of carbonyl (C=O) groups excluding carboxylic acids is 1. The van der Waals surface area contributed by atoms with E-state index in [1.54, 1.807) is 50.3 Å². The zero-order valence-electron chi connectivity index (χ0n) is 21.3. The molecule has 0 N–H and O–H groups in total. The summed E-state index contributed by atoms with van der Waals surface area (Å²) in [5.74, 6) is -0.174. The van der Waals surface area contributed by atoms with Gasteiger partial charge in [0.25, 0.3) is 11.4 Å². The van der Waals surface area contributed by atoms with E-state index in [4.69, 9.17) is 9.05 Å². The first-order chi connectivity index (χ1) is 18.1. The molecule has 2 aromatic carbocycles. The van der Waals surface area contributed by atoms with Gasteiger partial charge < -0.3 is 9.05 Å². The summed E-state index contributed by atoms with van der Waals surface area (Å²) in [6, 6.07) is 11.8. The minimum absolute atomic E-state index is 0.0458. The van der Waals surface area contributed by atoms with Gasteiger partial charge in [0.15, 0.2) is 5.78 Å². The molecule has 1 aliphatic rings. The maximum absolute atomic E-state index is 13.4. The number of piperidine rings is 1. The molecule has 1 saturated heterocycles. The van der Waals surface area contributed by atoms with Gasteiger partial charge in [0.05, 0.1) is 29.2 Å². The van der Waals surface area contributed by atoms with Crippen LogP contribution in [0.5, 0.6) is 0 Å². The van der Waals surface area contributed by atoms with Crippen molar-refractivity contribution < 1.29 is 28.3 Å². The predicted octanol–water partition coefficient (Wildman–Crippen LogP) is 5.51. The predicted molar refractivity (Wildman–Crippen MR) is 144 cm³/mol. The minimum atomic E-state index is -3.20. The van der Waals surface area contributed by atoms with Crippen molar-refractivity contribution in [2.45, 2.75) is 20.3 Å². The van der Waals surface area contributed by atoms with E-state index in [1.165, 1.54) is 24.3 Å². The Labute approximate surface area is 220 Å². The van der Waals surface area contributed by atoms with E-state index < -0.39 is 17.4 Å². The van der Waals surface area contributed by atoms with Crippen molar-refractivity contribution in [3.05, 3.63) is 91.0 Å². The largest absolute Gasteiger partial charge is 0.330 e. The molecular weight excluding hydrogens is 513 g/mol. The van der Waals surface area contributed by atoms with Gasteiger partial charge in [-0.05, 0) is 74.4 Å². The highest BCUT2D eigenvalue weighted by atomic mass is 31.2. The molecule has 12 heteroatoms. The standard InChI is InChI=1S/C26H30N3O8P/c1-3-36-38(35,37-4-2)15-5-14-27-18-22(16-20-6-10-24(11-7-20)28(31)32)26(30)23(19-27)17-21-8-12-25(13-9-21)29(33)34/h6-13,16-17H,3-5,14-15,18-19H2,1-2H3/b22-16+,23-17+. The van der Waals surface area contributed by atoms with Gasteiger partial charge in [-0.25, -0.2) is 0 Å². The van der Waals surface area contributed by atoms with Crippen molar-refractivity contribution in [1.82, 2.24) is 4.90 Å². The highest BCUT2D eigenvalue weighted by Crippen LogP contribution is 2.48. The summed E-state index contributed by atoms with van der Waals surface area (Å²) >= 11 is 0. The second kappa shape index (κ2) is 13.3. The van der Waals surface area contributed by atoms with E-state index in [-0.39, 0.29) is 36.5 Å². The van der Waals surface area contributed by atoms with E-state index in [1.807, 2.05) is 4.90 Å². The smallest absolute Gasteiger partial charge is 0.309 e. The summed E-state index contributed by atoms with van der Waals surface area (Å²) in [7, 11) is -3.20. The quantitative estimate of drug-likeness (QED) is 0.146. The van der Waals surface area contributed by atoms with Crippen molar-refractivity contribution in [3.8, 4) is 0 Å². The number of Topliss-reactive ketones (excluding diaryl/α,β-unsaturated/α-hetero) is 1. The van der Waals surface area contributed by atoms with Crippen LogP contribution >= 0.6 is 7.60 Å². The molecule has 1 aliphatic heterocycles. The number of benzene rings is 2. The van der Waals surface area contributed by atoms with Crippen LogP contribution in [-0.2, 0) is 18.4 Å². The lowest BCUT2D eigenvalue weighted by Crippen LogP contribution is -2.38. The molecule has 3 rings (SSSR count). The molecule has 0 aromatic heterocycles. The molecule has 202 valence electrons. The van der Waals surface area contributed by atoms with Gasteiger partial charge in [-0.15, -0.1) is 0 Å². The number of ketones is 1. The third-order valence-corrected chi connectivity index (χ3v) is 7.99. The fourth-order valence-corrected chi connectivity index (χ4v) is 5.75. The Morgan fingerprint density at radius 2 is 1.26 bits per heavy atom. The first-order valence-electron chi connectivity index (χ1n) is 12.2. The zero-order chi connectivity index (χ0) is 27.7. The van der Waals surface area contributed by atoms with Gasteiger partial charge in [-0.2, -0.15) is 0 Å². The van der Waals surface area contributed by atoms with E-state index in [0.717, 1.165) is 0 Å². The van der Waals surface area contributed by atoms with Crippen LogP contribution in [0.3, 0.4) is 0 Å². The Hall–Kier alpha value is -3.50. The second-order valence-electron chi connectivity index (χ2n) is 8.60. The highest BCUT2D eigenvalue weighted by Gasteiger charge is 2.28. The summed E-state index contributed by atoms with van der Waals surface area (Å²) in [6.07, 6.45) is 4.16. The van der Waals surface area contributed by atoms with Gasteiger partial charge in [-0.1, -0.05) is 0 Å². The number of carbonyl (C=O) groups is 1. The van der Waals surface area contributed by atoms with Crippen molar-refractivity contribution in [3.63, 3.8) is 0 Å². The number of nitrogens with zero attached hydrogens (tertiary/aromatic N) is 3. The normalized spacial score (nSPS) is 16.7. The lowest BCUT2D eigenvalue weighted by atomic mass is 9.94. The molecule has 0 amide bonds. The summed E-state index contributed by atoms with van der Waals surface area (Å²) in [5.41, 5.74) is 2.19. The first kappa shape index (κ1) is 29.1. The average molecular weight is 544 g/mol. The molecule has 0 bridgehead atoms. The van der Waals surface area contributed by atoms with Crippen LogP contribution in [0, 0.1) is 20.2 Å². The van der Waals surface area contributed by atoms with E-state index >= 15 is 0 Å². The average Bonchev–Trinajstić information content (AvgIpc) is 2.87. The third-order valence-electron chi connectivity index (χ3n) is 5.82. The summed E-state index contributed by atoms with van der Waals surface area (Å²) in [5, 5.41) is 21.9. The van der Waals surface area contributed by atoms with Crippen LogP contribution < -0.4 is 0 Å². The van der Waals surface area contributed by atoms with Crippen LogP contribution in [0.2, 0.25) is 0 Å². The van der Waals surface area contributed by atoms with Crippen molar-refractivity contribution >= 4 is 36.9 Å². The highest BCUT2D eigenvalue weighted by molar-refractivity contribution is 7.53. The monoisotopic (exact) mass is 543 g/mol. The first-order valence-corrected chi connectivity index (χ1v) is 13.9. The molecule has 0 aliphatic carbocycles. The van der Waals surface area contributed by atoms with Crippen molar-refractivity contribution in [2.24, 2.45) is 0 Å². The van der Waals surface area contributed by atoms with Crippen LogP contribution in [0.25, 0.3) is 12.2 Å². The minimum Gasteiger partial charge on any atom is -0.309 e. The van der Waals surface area contributed by atoms with E-state index in [9.17, 15) is 29.6 Å². The Morgan fingerprint density at radius 3 is 1.63 bits per heavy atom. The Kier molecular flexibility index (Phi) is 10.2.